The molecule has 0 radical (unpaired) electrons. The van der Waals surface area contributed by atoms with Crippen molar-refractivity contribution in [2.75, 3.05) is 31.7 Å². The minimum Gasteiger partial charge on any atom is -0.462 e. The van der Waals surface area contributed by atoms with E-state index in [1.807, 2.05) is 13.0 Å². The number of esters is 1. The summed E-state index contributed by atoms with van der Waals surface area (Å²) < 4.78 is 10.1. The highest BCUT2D eigenvalue weighted by molar-refractivity contribution is 7.80. The first kappa shape index (κ1) is 16.4. The molecule has 0 aliphatic carbocycles. The van der Waals surface area contributed by atoms with Crippen molar-refractivity contribution in [1.29, 1.82) is 0 Å². The SMILES string of the molecule is CCOCCNC(=S)Nc1cccc(C(=O)OCC)c1. The van der Waals surface area contributed by atoms with E-state index in [0.29, 0.717) is 37.0 Å². The second-order valence-electron chi connectivity index (χ2n) is 3.88. The highest BCUT2D eigenvalue weighted by Crippen LogP contribution is 2.11. The molecule has 0 unspecified atom stereocenters. The van der Waals surface area contributed by atoms with Crippen LogP contribution in [-0.2, 0) is 9.47 Å². The third kappa shape index (κ3) is 5.99. The molecule has 0 saturated carbocycles. The normalized spacial score (nSPS) is 9.90. The molecule has 5 nitrogen and oxygen atoms in total. The third-order valence-electron chi connectivity index (χ3n) is 2.37. The predicted octanol–water partition coefficient (Wildman–Crippen LogP) is 2.19. The number of hydrogen-bond donors (Lipinski definition) is 2. The summed E-state index contributed by atoms with van der Waals surface area (Å²) in [6.07, 6.45) is 0. The second-order valence-corrected chi connectivity index (χ2v) is 4.29. The second kappa shape index (κ2) is 9.28. The molecule has 0 aromatic heterocycles. The Bertz CT molecular complexity index is 452. The van der Waals surface area contributed by atoms with E-state index in [0.717, 1.165) is 5.69 Å². The monoisotopic (exact) mass is 296 g/mol. The number of ether oxygens (including phenoxy) is 2. The lowest BCUT2D eigenvalue weighted by Gasteiger charge is -2.11. The van der Waals surface area contributed by atoms with Crippen molar-refractivity contribution in [1.82, 2.24) is 5.32 Å². The van der Waals surface area contributed by atoms with Gasteiger partial charge in [0.1, 0.15) is 0 Å². The van der Waals surface area contributed by atoms with Crippen molar-refractivity contribution in [3.8, 4) is 0 Å². The molecule has 2 N–H and O–H groups in total. The summed E-state index contributed by atoms with van der Waals surface area (Å²) in [5.74, 6) is -0.341. The molecule has 1 aromatic rings. The molecule has 0 spiro atoms. The molecular formula is C14H20N2O3S. The first-order valence-corrected chi connectivity index (χ1v) is 6.98. The number of rotatable bonds is 7. The molecule has 0 aliphatic rings. The van der Waals surface area contributed by atoms with E-state index in [9.17, 15) is 4.79 Å². The largest absolute Gasteiger partial charge is 0.462 e. The van der Waals surface area contributed by atoms with Gasteiger partial charge in [0.05, 0.1) is 18.8 Å². The smallest absolute Gasteiger partial charge is 0.338 e. The van der Waals surface area contributed by atoms with Gasteiger partial charge in [0.25, 0.3) is 0 Å². The average molecular weight is 296 g/mol. The van der Waals surface area contributed by atoms with Gasteiger partial charge in [0.2, 0.25) is 0 Å². The summed E-state index contributed by atoms with van der Waals surface area (Å²) in [5, 5.41) is 6.52. The van der Waals surface area contributed by atoms with Crippen LogP contribution in [0.25, 0.3) is 0 Å². The predicted molar refractivity (Wildman–Crippen MR) is 83.1 cm³/mol. The minimum absolute atomic E-state index is 0.341. The summed E-state index contributed by atoms with van der Waals surface area (Å²) in [6.45, 7) is 5.99. The van der Waals surface area contributed by atoms with Crippen molar-refractivity contribution in [3.63, 3.8) is 0 Å². The zero-order valence-electron chi connectivity index (χ0n) is 11.8. The number of thiocarbonyl (C=S) groups is 1. The summed E-state index contributed by atoms with van der Waals surface area (Å²) in [7, 11) is 0. The maximum Gasteiger partial charge on any atom is 0.338 e. The van der Waals surface area contributed by atoms with Gasteiger partial charge in [-0.1, -0.05) is 6.07 Å². The number of carbonyl (C=O) groups is 1. The number of anilines is 1. The zero-order chi connectivity index (χ0) is 14.8. The van der Waals surface area contributed by atoms with Crippen LogP contribution in [0.1, 0.15) is 24.2 Å². The molecule has 20 heavy (non-hydrogen) atoms. The molecule has 0 fully saturated rings. The Morgan fingerprint density at radius 1 is 1.30 bits per heavy atom. The maximum atomic E-state index is 11.6. The van der Waals surface area contributed by atoms with Crippen molar-refractivity contribution >= 4 is 29.0 Å². The van der Waals surface area contributed by atoms with E-state index in [4.69, 9.17) is 21.7 Å². The van der Waals surface area contributed by atoms with E-state index < -0.39 is 0 Å². The van der Waals surface area contributed by atoms with E-state index in [2.05, 4.69) is 10.6 Å². The van der Waals surface area contributed by atoms with Gasteiger partial charge in [0.15, 0.2) is 5.11 Å². The summed E-state index contributed by atoms with van der Waals surface area (Å²) >= 11 is 5.15. The van der Waals surface area contributed by atoms with Gasteiger partial charge in [-0.15, -0.1) is 0 Å². The van der Waals surface area contributed by atoms with Crippen LogP contribution in [0, 0.1) is 0 Å². The lowest BCUT2D eigenvalue weighted by molar-refractivity contribution is 0.0526. The fourth-order valence-electron chi connectivity index (χ4n) is 1.49. The number of hydrogen-bond acceptors (Lipinski definition) is 4. The summed E-state index contributed by atoms with van der Waals surface area (Å²) in [4.78, 5) is 11.6. The molecule has 0 amide bonds. The van der Waals surface area contributed by atoms with E-state index in [1.165, 1.54) is 0 Å². The van der Waals surface area contributed by atoms with Gasteiger partial charge in [-0.25, -0.2) is 4.79 Å². The van der Waals surface area contributed by atoms with Gasteiger partial charge >= 0.3 is 5.97 Å². The maximum absolute atomic E-state index is 11.6. The quantitative estimate of drug-likeness (QED) is 0.457. The van der Waals surface area contributed by atoms with Gasteiger partial charge in [0, 0.05) is 18.8 Å². The molecule has 110 valence electrons. The highest BCUT2D eigenvalue weighted by atomic mass is 32.1. The molecule has 0 heterocycles. The highest BCUT2D eigenvalue weighted by Gasteiger charge is 2.07. The minimum atomic E-state index is -0.341. The van der Waals surface area contributed by atoms with Crippen LogP contribution in [0.15, 0.2) is 24.3 Å². The van der Waals surface area contributed by atoms with Crippen LogP contribution in [-0.4, -0.2) is 37.4 Å². The van der Waals surface area contributed by atoms with Gasteiger partial charge < -0.3 is 20.1 Å². The Hall–Kier alpha value is -1.66. The fraction of sp³-hybridized carbons (Fsp3) is 0.429. The van der Waals surface area contributed by atoms with Crippen LogP contribution in [0.5, 0.6) is 0 Å². The summed E-state index contributed by atoms with van der Waals surface area (Å²) in [6, 6.07) is 7.01. The Morgan fingerprint density at radius 3 is 2.80 bits per heavy atom. The molecule has 0 atom stereocenters. The molecule has 0 aliphatic heterocycles. The molecule has 0 bridgehead atoms. The van der Waals surface area contributed by atoms with Gasteiger partial charge in [-0.05, 0) is 44.3 Å². The number of benzene rings is 1. The molecule has 6 heteroatoms. The summed E-state index contributed by atoms with van der Waals surface area (Å²) in [5.41, 5.74) is 1.23. The van der Waals surface area contributed by atoms with Gasteiger partial charge in [-0.2, -0.15) is 0 Å². The number of carbonyl (C=O) groups excluding carboxylic acids is 1. The lowest BCUT2D eigenvalue weighted by Crippen LogP contribution is -2.31. The zero-order valence-corrected chi connectivity index (χ0v) is 12.6. The van der Waals surface area contributed by atoms with Crippen molar-refractivity contribution in [2.24, 2.45) is 0 Å². The van der Waals surface area contributed by atoms with E-state index >= 15 is 0 Å². The van der Waals surface area contributed by atoms with Crippen LogP contribution >= 0.6 is 12.2 Å². The van der Waals surface area contributed by atoms with Crippen LogP contribution < -0.4 is 10.6 Å². The first-order valence-electron chi connectivity index (χ1n) is 6.57. The van der Waals surface area contributed by atoms with Crippen LogP contribution in [0.4, 0.5) is 5.69 Å². The lowest BCUT2D eigenvalue weighted by atomic mass is 10.2. The standard InChI is InChI=1S/C14H20N2O3S/c1-3-18-9-8-15-14(20)16-12-7-5-6-11(10-12)13(17)19-4-2/h5-7,10H,3-4,8-9H2,1-2H3,(H2,15,16,20). The molecule has 1 aromatic carbocycles. The Kier molecular flexibility index (Phi) is 7.60. The molecular weight excluding hydrogens is 276 g/mol. The first-order chi connectivity index (χ1) is 9.67. The topological polar surface area (TPSA) is 59.6 Å². The average Bonchev–Trinajstić information content (AvgIpc) is 2.44. The van der Waals surface area contributed by atoms with Crippen molar-refractivity contribution < 1.29 is 14.3 Å². The fourth-order valence-corrected chi connectivity index (χ4v) is 1.71. The Balaban J connectivity index is 2.49. The van der Waals surface area contributed by atoms with Crippen molar-refractivity contribution in [2.45, 2.75) is 13.8 Å². The third-order valence-corrected chi connectivity index (χ3v) is 2.61. The van der Waals surface area contributed by atoms with E-state index in [1.54, 1.807) is 25.1 Å². The molecule has 1 rings (SSSR count). The van der Waals surface area contributed by atoms with Crippen LogP contribution in [0.2, 0.25) is 0 Å². The van der Waals surface area contributed by atoms with Crippen molar-refractivity contribution in [3.05, 3.63) is 29.8 Å². The number of nitrogens with one attached hydrogen (secondary N) is 2. The van der Waals surface area contributed by atoms with E-state index in [-0.39, 0.29) is 5.97 Å². The Morgan fingerprint density at radius 2 is 2.10 bits per heavy atom. The molecule has 0 saturated heterocycles. The van der Waals surface area contributed by atoms with Gasteiger partial charge in [-0.3, -0.25) is 0 Å². The van der Waals surface area contributed by atoms with Crippen LogP contribution in [0.3, 0.4) is 0 Å². The Labute approximate surface area is 124 Å².